The van der Waals surface area contributed by atoms with Crippen LogP contribution in [0.25, 0.3) is 10.9 Å². The number of nitrogens with zero attached hydrogens (tertiary/aromatic N) is 1. The van der Waals surface area contributed by atoms with E-state index in [0.717, 1.165) is 0 Å². The zero-order valence-corrected chi connectivity index (χ0v) is 23.3. The fourth-order valence-electron chi connectivity index (χ4n) is 5.05. The number of pyridine rings is 1. The Hall–Kier alpha value is -4.86. The summed E-state index contributed by atoms with van der Waals surface area (Å²) in [6.07, 6.45) is 1.55. The van der Waals surface area contributed by atoms with Gasteiger partial charge >= 0.3 is 0 Å². The number of rotatable bonds is 9. The highest BCUT2D eigenvalue weighted by molar-refractivity contribution is 6.04. The second-order valence-corrected chi connectivity index (χ2v) is 10.3. The Morgan fingerprint density at radius 1 is 0.756 bits per heavy atom. The quantitative estimate of drug-likeness (QED) is 0.257. The number of aromatic nitrogens is 1. The fourth-order valence-corrected chi connectivity index (χ4v) is 5.05. The Balaban J connectivity index is 1.27. The molecule has 2 amide bonds. The largest absolute Gasteiger partial charge is 0.497 e. The summed E-state index contributed by atoms with van der Waals surface area (Å²) in [5, 5.41) is 6.20. The zero-order valence-electron chi connectivity index (χ0n) is 23.3. The molecule has 2 atom stereocenters. The van der Waals surface area contributed by atoms with Gasteiger partial charge in [-0.15, -0.1) is 0 Å². The van der Waals surface area contributed by atoms with E-state index in [1.54, 1.807) is 61.8 Å². The van der Waals surface area contributed by atoms with Gasteiger partial charge in [-0.05, 0) is 53.9 Å². The Labute approximate surface area is 236 Å². The van der Waals surface area contributed by atoms with Crippen LogP contribution in [0, 0.1) is 23.1 Å². The molecule has 1 aliphatic carbocycles. The van der Waals surface area contributed by atoms with E-state index in [1.807, 2.05) is 13.8 Å². The highest BCUT2D eigenvalue weighted by atomic mass is 19.1. The smallest absolute Gasteiger partial charge is 0.228 e. The molecule has 0 aliphatic heterocycles. The van der Waals surface area contributed by atoms with Crippen LogP contribution in [-0.4, -0.2) is 38.1 Å². The lowest BCUT2D eigenvalue weighted by Crippen LogP contribution is -2.20. The summed E-state index contributed by atoms with van der Waals surface area (Å²) >= 11 is 0. The van der Waals surface area contributed by atoms with Gasteiger partial charge in [-0.2, -0.15) is 0 Å². The molecule has 1 aromatic heterocycles. The zero-order chi connectivity index (χ0) is 29.3. The van der Waals surface area contributed by atoms with Crippen molar-refractivity contribution in [3.8, 4) is 28.7 Å². The van der Waals surface area contributed by atoms with Crippen molar-refractivity contribution in [3.63, 3.8) is 0 Å². The van der Waals surface area contributed by atoms with E-state index in [0.29, 0.717) is 39.6 Å². The molecule has 1 saturated carbocycles. The van der Waals surface area contributed by atoms with Crippen LogP contribution in [0.1, 0.15) is 13.8 Å². The summed E-state index contributed by atoms with van der Waals surface area (Å²) in [7, 11) is 4.61. The second kappa shape index (κ2) is 11.0. The van der Waals surface area contributed by atoms with Crippen molar-refractivity contribution in [1.82, 2.24) is 4.98 Å². The van der Waals surface area contributed by atoms with E-state index in [9.17, 15) is 9.59 Å². The van der Waals surface area contributed by atoms with Crippen molar-refractivity contribution in [3.05, 3.63) is 72.7 Å². The predicted octanol–water partition coefficient (Wildman–Crippen LogP) is 6.04. The summed E-state index contributed by atoms with van der Waals surface area (Å²) in [5.41, 5.74) is 0.883. The van der Waals surface area contributed by atoms with E-state index >= 15 is 4.39 Å². The molecule has 0 unspecified atom stereocenters. The monoisotopic (exact) mass is 559 g/mol. The summed E-state index contributed by atoms with van der Waals surface area (Å²) in [5.74, 6) is -0.394. The van der Waals surface area contributed by atoms with Crippen LogP contribution in [0.5, 0.6) is 28.7 Å². The maximum absolute atomic E-state index is 15.1. The van der Waals surface area contributed by atoms with Crippen LogP contribution in [0.4, 0.5) is 15.8 Å². The van der Waals surface area contributed by atoms with Gasteiger partial charge in [0, 0.05) is 35.1 Å². The lowest BCUT2D eigenvalue weighted by molar-refractivity contribution is -0.122. The van der Waals surface area contributed by atoms with Gasteiger partial charge in [0.15, 0.2) is 23.1 Å². The fraction of sp³-hybridized carbons (Fsp3) is 0.258. The van der Waals surface area contributed by atoms with Crippen LogP contribution in [0.3, 0.4) is 0 Å². The first-order valence-corrected chi connectivity index (χ1v) is 12.9. The Bertz CT molecular complexity index is 1620. The summed E-state index contributed by atoms with van der Waals surface area (Å²) in [6, 6.07) is 16.1. The highest BCUT2D eigenvalue weighted by Crippen LogP contribution is 2.59. The number of carbonyl (C=O) groups is 2. The Morgan fingerprint density at radius 3 is 1.98 bits per heavy atom. The van der Waals surface area contributed by atoms with Crippen molar-refractivity contribution < 1.29 is 32.9 Å². The summed E-state index contributed by atoms with van der Waals surface area (Å²) < 4.78 is 36.8. The normalized spacial score (nSPS) is 16.9. The molecule has 5 rings (SSSR count). The Morgan fingerprint density at radius 2 is 1.37 bits per heavy atom. The Kier molecular flexibility index (Phi) is 7.40. The first-order valence-electron chi connectivity index (χ1n) is 12.9. The average Bonchev–Trinajstić information content (AvgIpc) is 3.56. The number of ether oxygens (including phenoxy) is 4. The average molecular weight is 560 g/mol. The third kappa shape index (κ3) is 5.45. The molecule has 0 saturated heterocycles. The molecule has 9 nitrogen and oxygen atoms in total. The molecular weight excluding hydrogens is 529 g/mol. The van der Waals surface area contributed by atoms with Gasteiger partial charge in [0.25, 0.3) is 0 Å². The molecule has 3 aromatic carbocycles. The number of carbonyl (C=O) groups excluding carboxylic acids is 2. The molecule has 2 N–H and O–H groups in total. The maximum atomic E-state index is 15.1. The molecule has 212 valence electrons. The van der Waals surface area contributed by atoms with E-state index in [1.165, 1.54) is 26.4 Å². The maximum Gasteiger partial charge on any atom is 0.228 e. The number of anilines is 2. The molecule has 4 aromatic rings. The minimum Gasteiger partial charge on any atom is -0.497 e. The van der Waals surface area contributed by atoms with E-state index in [2.05, 4.69) is 15.6 Å². The molecule has 0 spiro atoms. The number of benzene rings is 3. The second-order valence-electron chi connectivity index (χ2n) is 10.3. The SMILES string of the molecule is COc1ccc(NC(=O)[C@@H]2[C@H](C(=O)Nc3ccc(Oc4ccnc5cc(OC)c(OC)cc45)c(F)c3)C2(C)C)cc1. The number of methoxy groups -OCH3 is 3. The molecule has 1 fully saturated rings. The first kappa shape index (κ1) is 27.7. The van der Waals surface area contributed by atoms with E-state index < -0.39 is 23.1 Å². The molecule has 1 aliphatic rings. The van der Waals surface area contributed by atoms with Gasteiger partial charge < -0.3 is 29.6 Å². The van der Waals surface area contributed by atoms with Crippen molar-refractivity contribution >= 4 is 34.1 Å². The molecule has 41 heavy (non-hydrogen) atoms. The summed E-state index contributed by atoms with van der Waals surface area (Å²) in [6.45, 7) is 3.72. The van der Waals surface area contributed by atoms with Gasteiger partial charge in [0.1, 0.15) is 11.5 Å². The first-order chi connectivity index (χ1) is 19.7. The third-order valence-corrected chi connectivity index (χ3v) is 7.38. The lowest BCUT2D eigenvalue weighted by atomic mass is 10.1. The highest BCUT2D eigenvalue weighted by Gasteiger charge is 2.65. The van der Waals surface area contributed by atoms with Crippen molar-refractivity contribution in [2.75, 3.05) is 32.0 Å². The minimum absolute atomic E-state index is 0.0335. The molecule has 10 heteroatoms. The lowest BCUT2D eigenvalue weighted by Gasteiger charge is -2.13. The van der Waals surface area contributed by atoms with Gasteiger partial charge in [-0.1, -0.05) is 13.8 Å². The third-order valence-electron chi connectivity index (χ3n) is 7.38. The topological polar surface area (TPSA) is 108 Å². The minimum atomic E-state index is -0.669. The van der Waals surface area contributed by atoms with Crippen LogP contribution in [-0.2, 0) is 9.59 Å². The summed E-state index contributed by atoms with van der Waals surface area (Å²) in [4.78, 5) is 30.4. The number of fused-ring (bicyclic) bond motifs is 1. The number of hydrogen-bond acceptors (Lipinski definition) is 7. The van der Waals surface area contributed by atoms with Crippen molar-refractivity contribution in [2.45, 2.75) is 13.8 Å². The van der Waals surface area contributed by atoms with Crippen LogP contribution in [0.2, 0.25) is 0 Å². The number of hydrogen-bond donors (Lipinski definition) is 2. The van der Waals surface area contributed by atoms with Crippen LogP contribution in [0.15, 0.2) is 66.9 Å². The van der Waals surface area contributed by atoms with Crippen molar-refractivity contribution in [2.24, 2.45) is 17.3 Å². The number of amides is 2. The van der Waals surface area contributed by atoms with Crippen LogP contribution >= 0.6 is 0 Å². The van der Waals surface area contributed by atoms with E-state index in [-0.39, 0.29) is 23.3 Å². The number of halogens is 1. The molecular formula is C31H30FN3O6. The molecule has 0 bridgehead atoms. The van der Waals surface area contributed by atoms with Gasteiger partial charge in [-0.25, -0.2) is 4.39 Å². The van der Waals surface area contributed by atoms with Gasteiger partial charge in [0.2, 0.25) is 11.8 Å². The van der Waals surface area contributed by atoms with Gasteiger partial charge in [0.05, 0.1) is 38.7 Å². The van der Waals surface area contributed by atoms with Crippen LogP contribution < -0.4 is 29.6 Å². The predicted molar refractivity (Wildman–Crippen MR) is 152 cm³/mol. The molecule has 1 heterocycles. The number of nitrogens with one attached hydrogen (secondary N) is 2. The standard InChI is InChI=1S/C31H30FN3O6/c1-31(2)27(29(36)34-17-6-9-19(38-3)10-7-17)28(31)30(37)35-18-8-11-24(21(32)14-18)41-23-12-13-33-22-16-26(40-5)25(39-4)15-20(22)23/h6-16,27-28H,1-5H3,(H,34,36)(H,35,37)/t27-,28+/m0/s1. The van der Waals surface area contributed by atoms with Crippen molar-refractivity contribution in [1.29, 1.82) is 0 Å². The van der Waals surface area contributed by atoms with Gasteiger partial charge in [-0.3, -0.25) is 14.6 Å². The molecule has 0 radical (unpaired) electrons. The van der Waals surface area contributed by atoms with E-state index in [4.69, 9.17) is 18.9 Å².